The molecule has 4 aromatic rings. The minimum absolute atomic E-state index is 0.116. The number of amides is 2. The standard InChI is InChI=1S/C29H22BrFN4O3/c1-17-28(37)34(13-12-18-2-11-25-20(14-18)15-26(36)32-25)29(38-17)24-16-35(23-9-5-21(30)6-10-23)33-27(24)19-3-7-22(31)8-4-19/h2-11,14-17,29H,12-13H2,1H3/t17-,29-/m1/s1. The molecule has 2 amide bonds. The Balaban J connectivity index is 1.36. The van der Waals surface area contributed by atoms with Gasteiger partial charge >= 0.3 is 0 Å². The second-order valence-corrected chi connectivity index (χ2v) is 10.2. The highest BCUT2D eigenvalue weighted by Crippen LogP contribution is 2.37. The van der Waals surface area contributed by atoms with Crippen LogP contribution < -0.4 is 10.6 Å². The number of benzene rings is 3. The monoisotopic (exact) mass is 572 g/mol. The molecule has 2 aliphatic heterocycles. The number of ether oxygens (including phenoxy) is 1. The molecule has 190 valence electrons. The van der Waals surface area contributed by atoms with Crippen LogP contribution in [-0.4, -0.2) is 39.1 Å². The van der Waals surface area contributed by atoms with Crippen LogP contribution in [0.1, 0.15) is 24.3 Å². The van der Waals surface area contributed by atoms with Crippen molar-refractivity contribution in [2.24, 2.45) is 4.99 Å². The Hall–Kier alpha value is -3.95. The van der Waals surface area contributed by atoms with Gasteiger partial charge in [-0.3, -0.25) is 9.59 Å². The smallest absolute Gasteiger partial charge is 0.270 e. The van der Waals surface area contributed by atoms with Gasteiger partial charge in [-0.25, -0.2) is 14.1 Å². The lowest BCUT2D eigenvalue weighted by molar-refractivity contribution is -0.130. The zero-order chi connectivity index (χ0) is 26.4. The van der Waals surface area contributed by atoms with Crippen LogP contribution >= 0.6 is 15.9 Å². The number of carbonyl (C=O) groups is 2. The predicted molar refractivity (Wildman–Crippen MR) is 142 cm³/mol. The largest absolute Gasteiger partial charge is 0.341 e. The van der Waals surface area contributed by atoms with Crippen molar-refractivity contribution in [3.63, 3.8) is 0 Å². The Labute approximate surface area is 226 Å². The van der Waals surface area contributed by atoms with E-state index in [0.717, 1.165) is 26.5 Å². The van der Waals surface area contributed by atoms with E-state index in [1.54, 1.807) is 28.6 Å². The van der Waals surface area contributed by atoms with Crippen LogP contribution in [0.5, 0.6) is 0 Å². The summed E-state index contributed by atoms with van der Waals surface area (Å²) in [5.74, 6) is -0.717. The Morgan fingerprint density at radius 1 is 1.03 bits per heavy atom. The maximum absolute atomic E-state index is 13.7. The number of hydrogen-bond acceptors (Lipinski definition) is 4. The number of rotatable bonds is 6. The Bertz CT molecular complexity index is 1680. The summed E-state index contributed by atoms with van der Waals surface area (Å²) in [5.41, 5.74) is 3.86. The highest BCUT2D eigenvalue weighted by atomic mass is 79.9. The van der Waals surface area contributed by atoms with Gasteiger partial charge in [0.2, 0.25) is 0 Å². The van der Waals surface area contributed by atoms with E-state index in [1.165, 1.54) is 18.2 Å². The molecule has 0 unspecified atom stereocenters. The van der Waals surface area contributed by atoms with Crippen molar-refractivity contribution >= 4 is 33.8 Å². The van der Waals surface area contributed by atoms with Crippen molar-refractivity contribution in [2.45, 2.75) is 25.7 Å². The number of halogens is 2. The summed E-state index contributed by atoms with van der Waals surface area (Å²) < 4.78 is 22.6. The molecule has 2 aliphatic rings. The fourth-order valence-electron chi connectivity index (χ4n) is 4.78. The SMILES string of the molecule is C[C@H]1O[C@H](c2cn(-c3ccc(Br)cc3)nc2-c2ccc(F)cc2)N(CCc2ccc3c(c2)=CC(=O)N=3)C1=O. The summed E-state index contributed by atoms with van der Waals surface area (Å²) in [5, 5.41) is 6.27. The molecule has 7 nitrogen and oxygen atoms in total. The van der Waals surface area contributed by atoms with Gasteiger partial charge in [0, 0.05) is 39.6 Å². The normalized spacial score (nSPS) is 18.4. The van der Waals surface area contributed by atoms with Gasteiger partial charge in [0.15, 0.2) is 6.23 Å². The Morgan fingerprint density at radius 2 is 1.79 bits per heavy atom. The summed E-state index contributed by atoms with van der Waals surface area (Å²) in [6, 6.07) is 19.5. The molecular formula is C29H22BrFN4O3. The molecule has 9 heteroatoms. The van der Waals surface area contributed by atoms with Crippen molar-refractivity contribution in [3.05, 3.63) is 105 Å². The fourth-order valence-corrected chi connectivity index (χ4v) is 5.04. The van der Waals surface area contributed by atoms with Crippen LogP contribution in [-0.2, 0) is 20.7 Å². The first-order valence-corrected chi connectivity index (χ1v) is 13.0. The highest BCUT2D eigenvalue weighted by molar-refractivity contribution is 9.10. The molecule has 0 N–H and O–H groups in total. The number of hydrogen-bond donors (Lipinski definition) is 0. The number of aromatic nitrogens is 2. The van der Waals surface area contributed by atoms with Crippen molar-refractivity contribution < 1.29 is 18.7 Å². The average Bonchev–Trinajstić information content (AvgIpc) is 3.58. The van der Waals surface area contributed by atoms with E-state index in [1.807, 2.05) is 48.7 Å². The van der Waals surface area contributed by atoms with E-state index in [4.69, 9.17) is 9.84 Å². The molecule has 0 radical (unpaired) electrons. The topological polar surface area (TPSA) is 76.8 Å². The summed E-state index contributed by atoms with van der Waals surface area (Å²) in [6.45, 7) is 2.15. The molecule has 0 bridgehead atoms. The van der Waals surface area contributed by atoms with Gasteiger partial charge in [-0.15, -0.1) is 0 Å². The van der Waals surface area contributed by atoms with E-state index in [9.17, 15) is 14.0 Å². The van der Waals surface area contributed by atoms with Crippen LogP contribution in [0.2, 0.25) is 0 Å². The molecule has 0 saturated carbocycles. The molecule has 1 aromatic heterocycles. The average molecular weight is 573 g/mol. The van der Waals surface area contributed by atoms with E-state index in [-0.39, 0.29) is 17.6 Å². The van der Waals surface area contributed by atoms with Crippen LogP contribution in [0.15, 0.2) is 82.4 Å². The van der Waals surface area contributed by atoms with Crippen LogP contribution in [0, 0.1) is 5.82 Å². The molecule has 1 saturated heterocycles. The third-order valence-corrected chi connectivity index (χ3v) is 7.24. The summed E-state index contributed by atoms with van der Waals surface area (Å²) in [7, 11) is 0. The number of carbonyl (C=O) groups excluding carboxylic acids is 2. The fraction of sp³-hybridized carbons (Fsp3) is 0.172. The minimum Gasteiger partial charge on any atom is -0.341 e. The number of fused-ring (bicyclic) bond motifs is 1. The molecule has 3 aromatic carbocycles. The second-order valence-electron chi connectivity index (χ2n) is 9.26. The van der Waals surface area contributed by atoms with E-state index < -0.39 is 12.3 Å². The van der Waals surface area contributed by atoms with Crippen molar-refractivity contribution in [2.75, 3.05) is 6.54 Å². The molecule has 2 atom stereocenters. The summed E-state index contributed by atoms with van der Waals surface area (Å²) in [6.07, 6.45) is 2.66. The van der Waals surface area contributed by atoms with E-state index >= 15 is 0 Å². The van der Waals surface area contributed by atoms with Gasteiger partial charge in [0.05, 0.1) is 11.0 Å². The zero-order valence-electron chi connectivity index (χ0n) is 20.3. The van der Waals surface area contributed by atoms with Crippen LogP contribution in [0.3, 0.4) is 0 Å². The van der Waals surface area contributed by atoms with E-state index in [0.29, 0.717) is 29.6 Å². The highest BCUT2D eigenvalue weighted by Gasteiger charge is 2.40. The molecule has 3 heterocycles. The lowest BCUT2D eigenvalue weighted by Gasteiger charge is -2.23. The van der Waals surface area contributed by atoms with Gasteiger partial charge in [-0.1, -0.05) is 22.0 Å². The molecule has 0 spiro atoms. The summed E-state index contributed by atoms with van der Waals surface area (Å²) in [4.78, 5) is 30.5. The third kappa shape index (κ3) is 4.59. The van der Waals surface area contributed by atoms with Gasteiger partial charge in [-0.2, -0.15) is 5.10 Å². The van der Waals surface area contributed by atoms with Gasteiger partial charge in [0.25, 0.3) is 11.8 Å². The van der Waals surface area contributed by atoms with Gasteiger partial charge in [0.1, 0.15) is 17.6 Å². The van der Waals surface area contributed by atoms with Crippen molar-refractivity contribution in [3.8, 4) is 16.9 Å². The molecule has 6 rings (SSSR count). The molecule has 38 heavy (non-hydrogen) atoms. The molecular weight excluding hydrogens is 551 g/mol. The van der Waals surface area contributed by atoms with Crippen LogP contribution in [0.25, 0.3) is 23.0 Å². The predicted octanol–water partition coefficient (Wildman–Crippen LogP) is 3.87. The molecule has 0 aliphatic carbocycles. The van der Waals surface area contributed by atoms with E-state index in [2.05, 4.69) is 20.9 Å². The minimum atomic E-state index is -0.667. The first-order valence-electron chi connectivity index (χ1n) is 12.2. The first-order chi connectivity index (χ1) is 18.4. The van der Waals surface area contributed by atoms with Crippen molar-refractivity contribution in [1.82, 2.24) is 14.7 Å². The van der Waals surface area contributed by atoms with Crippen LogP contribution in [0.4, 0.5) is 4.39 Å². The number of nitrogens with zero attached hydrogens (tertiary/aromatic N) is 4. The maximum atomic E-state index is 13.7. The lowest BCUT2D eigenvalue weighted by atomic mass is 10.1. The first kappa shape index (κ1) is 24.4. The zero-order valence-corrected chi connectivity index (χ0v) is 21.9. The second kappa shape index (κ2) is 9.74. The van der Waals surface area contributed by atoms with Gasteiger partial charge in [-0.05, 0) is 79.6 Å². The van der Waals surface area contributed by atoms with Crippen molar-refractivity contribution in [1.29, 1.82) is 0 Å². The van der Waals surface area contributed by atoms with Gasteiger partial charge < -0.3 is 9.64 Å². The summed E-state index contributed by atoms with van der Waals surface area (Å²) >= 11 is 3.46. The Morgan fingerprint density at radius 3 is 2.55 bits per heavy atom. The third-order valence-electron chi connectivity index (χ3n) is 6.71. The molecule has 1 fully saturated rings. The maximum Gasteiger partial charge on any atom is 0.270 e. The Kier molecular flexibility index (Phi) is 6.25. The quantitative estimate of drug-likeness (QED) is 0.351. The lowest BCUT2D eigenvalue weighted by Crippen LogP contribution is -2.32.